The minimum Gasteiger partial charge on any atom is -0.404 e. The molecule has 0 bridgehead atoms. The molecule has 1 amide bonds. The van der Waals surface area contributed by atoms with Crippen molar-refractivity contribution in [3.8, 4) is 5.75 Å². The second-order valence-corrected chi connectivity index (χ2v) is 4.02. The van der Waals surface area contributed by atoms with Crippen LogP contribution in [-0.4, -0.2) is 44.5 Å². The number of nitrogens with zero attached hydrogens (tertiary/aromatic N) is 1. The van der Waals surface area contributed by atoms with Gasteiger partial charge in [-0.1, -0.05) is 0 Å². The molecule has 0 aliphatic carbocycles. The van der Waals surface area contributed by atoms with Crippen molar-refractivity contribution in [2.45, 2.75) is 6.36 Å². The Balaban J connectivity index is 2.84. The van der Waals surface area contributed by atoms with E-state index in [0.29, 0.717) is 13.2 Å². The molecule has 112 valence electrons. The Morgan fingerprint density at radius 1 is 1.40 bits per heavy atom. The maximum Gasteiger partial charge on any atom is 0.573 e. The highest BCUT2D eigenvalue weighted by molar-refractivity contribution is 5.95. The number of alkyl halides is 3. The number of hydrogen-bond donors (Lipinski definition) is 1. The van der Waals surface area contributed by atoms with Crippen LogP contribution in [0.5, 0.6) is 5.75 Å². The number of ether oxygens (including phenoxy) is 2. The molecule has 1 aromatic rings. The molecule has 0 saturated carbocycles. The summed E-state index contributed by atoms with van der Waals surface area (Å²) in [6.45, 7) is 0.711. The summed E-state index contributed by atoms with van der Waals surface area (Å²) in [5.41, 5.74) is 5.37. The van der Waals surface area contributed by atoms with Crippen molar-refractivity contribution in [2.24, 2.45) is 0 Å². The van der Waals surface area contributed by atoms with Gasteiger partial charge in [-0.25, -0.2) is 0 Å². The van der Waals surface area contributed by atoms with E-state index < -0.39 is 12.1 Å². The number of methoxy groups -OCH3 is 1. The molecule has 5 nitrogen and oxygen atoms in total. The second-order valence-electron chi connectivity index (χ2n) is 4.02. The van der Waals surface area contributed by atoms with Gasteiger partial charge >= 0.3 is 6.36 Å². The standard InChI is InChI=1S/C12H15F3N2O3/c1-17(5-6-19-2)11(18)8-3-4-10(9(16)7-8)20-12(13,14)15/h3-4,7H,5-6,16H2,1-2H3. The highest BCUT2D eigenvalue weighted by Crippen LogP contribution is 2.29. The Bertz CT molecular complexity index is 478. The summed E-state index contributed by atoms with van der Waals surface area (Å²) >= 11 is 0. The van der Waals surface area contributed by atoms with Crippen LogP contribution in [0.4, 0.5) is 18.9 Å². The molecule has 2 N–H and O–H groups in total. The fraction of sp³-hybridized carbons (Fsp3) is 0.417. The van der Waals surface area contributed by atoms with Gasteiger partial charge in [-0.05, 0) is 18.2 Å². The van der Waals surface area contributed by atoms with E-state index in [2.05, 4.69) is 4.74 Å². The van der Waals surface area contributed by atoms with Crippen molar-refractivity contribution < 1.29 is 27.4 Å². The normalized spacial score (nSPS) is 11.2. The van der Waals surface area contributed by atoms with Crippen LogP contribution in [0.15, 0.2) is 18.2 Å². The first kappa shape index (κ1) is 16.1. The minimum atomic E-state index is -4.82. The van der Waals surface area contributed by atoms with Crippen LogP contribution in [0.2, 0.25) is 0 Å². The van der Waals surface area contributed by atoms with Crippen LogP contribution in [0, 0.1) is 0 Å². The zero-order chi connectivity index (χ0) is 15.3. The lowest BCUT2D eigenvalue weighted by atomic mass is 10.1. The number of nitrogens with two attached hydrogens (primary N) is 1. The number of carbonyl (C=O) groups is 1. The Morgan fingerprint density at radius 3 is 2.55 bits per heavy atom. The van der Waals surface area contributed by atoms with Gasteiger partial charge in [0.15, 0.2) is 5.75 Å². The molecule has 0 aliphatic heterocycles. The first-order valence-corrected chi connectivity index (χ1v) is 5.64. The summed E-state index contributed by atoms with van der Waals surface area (Å²) in [5, 5.41) is 0. The quantitative estimate of drug-likeness (QED) is 0.842. The molecule has 0 radical (unpaired) electrons. The van der Waals surface area contributed by atoms with Crippen LogP contribution < -0.4 is 10.5 Å². The number of amides is 1. The Morgan fingerprint density at radius 2 is 2.05 bits per heavy atom. The number of rotatable bonds is 5. The van der Waals surface area contributed by atoms with Gasteiger partial charge in [-0.3, -0.25) is 4.79 Å². The molecule has 0 heterocycles. The maximum atomic E-state index is 12.1. The summed E-state index contributed by atoms with van der Waals surface area (Å²) in [5.74, 6) is -0.902. The van der Waals surface area contributed by atoms with E-state index in [4.69, 9.17) is 10.5 Å². The van der Waals surface area contributed by atoms with Crippen LogP contribution in [0.1, 0.15) is 10.4 Å². The van der Waals surface area contributed by atoms with Crippen LogP contribution in [-0.2, 0) is 4.74 Å². The molecule has 0 unspecified atom stereocenters. The zero-order valence-electron chi connectivity index (χ0n) is 11.0. The zero-order valence-corrected chi connectivity index (χ0v) is 11.0. The van der Waals surface area contributed by atoms with Crippen LogP contribution in [0.25, 0.3) is 0 Å². The molecule has 8 heteroatoms. The maximum absolute atomic E-state index is 12.1. The van der Waals surface area contributed by atoms with Crippen LogP contribution >= 0.6 is 0 Å². The molecule has 0 aliphatic rings. The largest absolute Gasteiger partial charge is 0.573 e. The third-order valence-corrected chi connectivity index (χ3v) is 2.46. The fourth-order valence-corrected chi connectivity index (χ4v) is 1.45. The number of likely N-dealkylation sites (N-methyl/N-ethyl adjacent to an activating group) is 1. The molecule has 0 atom stereocenters. The molecule has 1 aromatic carbocycles. The lowest BCUT2D eigenvalue weighted by Gasteiger charge is -2.17. The Labute approximate surface area is 114 Å². The van der Waals surface area contributed by atoms with Gasteiger partial charge in [0, 0.05) is 26.3 Å². The smallest absolute Gasteiger partial charge is 0.404 e. The average Bonchev–Trinajstić information content (AvgIpc) is 2.36. The van der Waals surface area contributed by atoms with Crippen molar-refractivity contribution in [3.05, 3.63) is 23.8 Å². The molecular weight excluding hydrogens is 277 g/mol. The number of halogens is 3. The summed E-state index contributed by atoms with van der Waals surface area (Å²) in [6.07, 6.45) is -4.82. The molecule has 1 rings (SSSR count). The lowest BCUT2D eigenvalue weighted by Crippen LogP contribution is -2.30. The molecule has 20 heavy (non-hydrogen) atoms. The van der Waals surface area contributed by atoms with Gasteiger partial charge in [0.25, 0.3) is 5.91 Å². The van der Waals surface area contributed by atoms with Gasteiger partial charge in [-0.15, -0.1) is 13.2 Å². The van der Waals surface area contributed by atoms with Gasteiger partial charge < -0.3 is 20.1 Å². The molecule has 0 spiro atoms. The van der Waals surface area contributed by atoms with Gasteiger partial charge in [-0.2, -0.15) is 0 Å². The Kier molecular flexibility index (Phi) is 5.20. The first-order chi connectivity index (χ1) is 9.24. The van der Waals surface area contributed by atoms with E-state index in [0.717, 1.165) is 12.1 Å². The monoisotopic (exact) mass is 292 g/mol. The van der Waals surface area contributed by atoms with Crippen molar-refractivity contribution in [1.82, 2.24) is 4.90 Å². The SMILES string of the molecule is COCCN(C)C(=O)c1ccc(OC(F)(F)F)c(N)c1. The molecule has 0 fully saturated rings. The second kappa shape index (κ2) is 6.47. The minimum absolute atomic E-state index is 0.177. The Hall–Kier alpha value is -1.96. The van der Waals surface area contributed by atoms with Gasteiger partial charge in [0.1, 0.15) is 0 Å². The highest BCUT2D eigenvalue weighted by Gasteiger charge is 2.32. The van der Waals surface area contributed by atoms with Crippen molar-refractivity contribution >= 4 is 11.6 Å². The predicted octanol–water partition coefficient (Wildman–Crippen LogP) is 1.89. The predicted molar refractivity (Wildman–Crippen MR) is 66.4 cm³/mol. The van der Waals surface area contributed by atoms with E-state index in [-0.39, 0.29) is 17.2 Å². The summed E-state index contributed by atoms with van der Waals surface area (Å²) in [4.78, 5) is 13.3. The summed E-state index contributed by atoms with van der Waals surface area (Å²) < 4.78 is 44.8. The van der Waals surface area contributed by atoms with Gasteiger partial charge in [0.2, 0.25) is 0 Å². The van der Waals surface area contributed by atoms with Crippen molar-refractivity contribution in [2.75, 3.05) is 33.0 Å². The summed E-state index contributed by atoms with van der Waals surface area (Å²) in [6, 6.07) is 3.38. The fourth-order valence-electron chi connectivity index (χ4n) is 1.45. The van der Waals surface area contributed by atoms with E-state index >= 15 is 0 Å². The van der Waals surface area contributed by atoms with E-state index in [1.165, 1.54) is 18.1 Å². The lowest BCUT2D eigenvalue weighted by molar-refractivity contribution is -0.274. The third-order valence-electron chi connectivity index (χ3n) is 2.46. The van der Waals surface area contributed by atoms with E-state index in [1.807, 2.05) is 0 Å². The van der Waals surface area contributed by atoms with Gasteiger partial charge in [0.05, 0.1) is 12.3 Å². The van der Waals surface area contributed by atoms with Crippen molar-refractivity contribution in [1.29, 1.82) is 0 Å². The number of carbonyl (C=O) groups excluding carboxylic acids is 1. The van der Waals surface area contributed by atoms with E-state index in [1.54, 1.807) is 7.05 Å². The topological polar surface area (TPSA) is 64.8 Å². The average molecular weight is 292 g/mol. The first-order valence-electron chi connectivity index (χ1n) is 5.64. The number of nitrogen functional groups attached to an aromatic ring is 1. The number of benzene rings is 1. The highest BCUT2D eigenvalue weighted by atomic mass is 19.4. The molecular formula is C12H15F3N2O3. The van der Waals surface area contributed by atoms with Crippen LogP contribution in [0.3, 0.4) is 0 Å². The molecule has 0 saturated heterocycles. The van der Waals surface area contributed by atoms with E-state index in [9.17, 15) is 18.0 Å². The van der Waals surface area contributed by atoms with Crippen molar-refractivity contribution in [3.63, 3.8) is 0 Å². The summed E-state index contributed by atoms with van der Waals surface area (Å²) in [7, 11) is 3.05. The number of anilines is 1. The number of hydrogen-bond acceptors (Lipinski definition) is 4. The molecule has 0 aromatic heterocycles. The third kappa shape index (κ3) is 4.61.